The number of nitrogens with zero attached hydrogens (tertiary/aromatic N) is 1. The number of primary amides is 1. The van der Waals surface area contributed by atoms with Crippen LogP contribution in [0.15, 0.2) is 30.3 Å². The number of carbonyl (C=O) groups excluding carboxylic acids is 1. The molecule has 0 spiro atoms. The lowest BCUT2D eigenvalue weighted by atomic mass is 10.1. The Morgan fingerprint density at radius 1 is 1.31 bits per heavy atom. The average Bonchev–Trinajstić information content (AvgIpc) is 3.31. The van der Waals surface area contributed by atoms with Gasteiger partial charge in [-0.1, -0.05) is 12.1 Å². The molecule has 0 radical (unpaired) electrons. The largest absolute Gasteiger partial charge is 0.368 e. The van der Waals surface area contributed by atoms with E-state index in [2.05, 4.69) is 15.6 Å². The van der Waals surface area contributed by atoms with Gasteiger partial charge in [0.2, 0.25) is 0 Å². The highest BCUT2D eigenvalue weighted by molar-refractivity contribution is 5.98. The van der Waals surface area contributed by atoms with Crippen LogP contribution in [0.25, 0.3) is 0 Å². The van der Waals surface area contributed by atoms with Crippen LogP contribution in [0.5, 0.6) is 0 Å². The van der Waals surface area contributed by atoms with E-state index in [1.54, 1.807) is 0 Å². The maximum absolute atomic E-state index is 14.3. The van der Waals surface area contributed by atoms with E-state index in [1.165, 1.54) is 0 Å². The number of rotatable bonds is 8. The van der Waals surface area contributed by atoms with E-state index in [0.717, 1.165) is 43.0 Å². The molecule has 0 bridgehead atoms. The summed E-state index contributed by atoms with van der Waals surface area (Å²) in [4.78, 5) is 15.9. The molecule has 0 unspecified atom stereocenters. The van der Waals surface area contributed by atoms with Gasteiger partial charge in [0, 0.05) is 17.8 Å². The first-order valence-corrected chi connectivity index (χ1v) is 8.73. The lowest BCUT2D eigenvalue weighted by Crippen LogP contribution is -2.22. The van der Waals surface area contributed by atoms with Gasteiger partial charge in [0.05, 0.1) is 5.56 Å². The zero-order valence-electron chi connectivity index (χ0n) is 14.8. The number of aromatic nitrogens is 1. The maximum Gasteiger partial charge on any atom is 0.252 e. The van der Waals surface area contributed by atoms with Gasteiger partial charge < -0.3 is 22.1 Å². The molecule has 1 saturated carbocycles. The Morgan fingerprint density at radius 3 is 2.73 bits per heavy atom. The molecule has 3 rings (SSSR count). The van der Waals surface area contributed by atoms with Crippen LogP contribution in [0.2, 0.25) is 0 Å². The molecule has 1 amide bonds. The number of hydrogen-bond donors (Lipinski definition) is 4. The van der Waals surface area contributed by atoms with E-state index < -0.39 is 11.7 Å². The van der Waals surface area contributed by atoms with Crippen molar-refractivity contribution >= 4 is 23.2 Å². The highest BCUT2D eigenvalue weighted by Crippen LogP contribution is 2.36. The summed E-state index contributed by atoms with van der Waals surface area (Å²) >= 11 is 0. The standard InChI is InChI=1S/C19H24FN5O/c1-12-4-2-5-13(10-12)24-17-14(16(21)26)11-15(20)18(25-17)23-9-3-6-19(22)7-8-19/h2,4-5,10-11H,3,6-9,22H2,1H3,(H2,21,26)(H2,23,24,25). The summed E-state index contributed by atoms with van der Waals surface area (Å²) in [5.74, 6) is -1.03. The summed E-state index contributed by atoms with van der Waals surface area (Å²) in [5, 5.41) is 6.03. The van der Waals surface area contributed by atoms with Crippen molar-refractivity contribution in [2.24, 2.45) is 11.5 Å². The molecule has 2 aromatic rings. The van der Waals surface area contributed by atoms with Gasteiger partial charge in [-0.15, -0.1) is 0 Å². The predicted molar refractivity (Wildman–Crippen MR) is 101 cm³/mol. The smallest absolute Gasteiger partial charge is 0.252 e. The molecule has 0 atom stereocenters. The first kappa shape index (κ1) is 18.1. The van der Waals surface area contributed by atoms with Gasteiger partial charge in [0.1, 0.15) is 5.82 Å². The highest BCUT2D eigenvalue weighted by Gasteiger charge is 2.36. The van der Waals surface area contributed by atoms with E-state index in [9.17, 15) is 9.18 Å². The molecule has 1 aromatic carbocycles. The van der Waals surface area contributed by atoms with Crippen LogP contribution in [0, 0.1) is 12.7 Å². The third kappa shape index (κ3) is 4.49. The fourth-order valence-electron chi connectivity index (χ4n) is 2.81. The molecule has 0 aliphatic heterocycles. The summed E-state index contributed by atoms with van der Waals surface area (Å²) in [6, 6.07) is 8.69. The van der Waals surface area contributed by atoms with Crippen LogP contribution in [0.3, 0.4) is 0 Å². The number of benzene rings is 1. The van der Waals surface area contributed by atoms with Crippen molar-refractivity contribution in [1.82, 2.24) is 4.98 Å². The Hall–Kier alpha value is -2.67. The molecule has 0 saturated heterocycles. The molecule has 7 heteroatoms. The van der Waals surface area contributed by atoms with E-state index >= 15 is 0 Å². The lowest BCUT2D eigenvalue weighted by molar-refractivity contribution is 0.100. The fourth-order valence-corrected chi connectivity index (χ4v) is 2.81. The molecule has 6 N–H and O–H groups in total. The highest BCUT2D eigenvalue weighted by atomic mass is 19.1. The Labute approximate surface area is 152 Å². The van der Waals surface area contributed by atoms with Crippen LogP contribution in [0.4, 0.5) is 21.7 Å². The number of amides is 1. The van der Waals surface area contributed by atoms with Crippen molar-refractivity contribution in [3.8, 4) is 0 Å². The van der Waals surface area contributed by atoms with Crippen molar-refractivity contribution in [3.63, 3.8) is 0 Å². The van der Waals surface area contributed by atoms with Crippen molar-refractivity contribution in [2.75, 3.05) is 17.2 Å². The van der Waals surface area contributed by atoms with Crippen LogP contribution in [-0.4, -0.2) is 23.0 Å². The number of pyridine rings is 1. The second kappa shape index (κ2) is 7.29. The number of hydrogen-bond acceptors (Lipinski definition) is 5. The van der Waals surface area contributed by atoms with Gasteiger partial charge in [-0.25, -0.2) is 9.37 Å². The second-order valence-corrected chi connectivity index (χ2v) is 6.97. The van der Waals surface area contributed by atoms with Gasteiger partial charge in [-0.05, 0) is 56.4 Å². The van der Waals surface area contributed by atoms with Gasteiger partial charge in [-0.2, -0.15) is 0 Å². The van der Waals surface area contributed by atoms with E-state index in [4.69, 9.17) is 11.5 Å². The fraction of sp³-hybridized carbons (Fsp3) is 0.368. The molecule has 1 aromatic heterocycles. The summed E-state index contributed by atoms with van der Waals surface area (Å²) in [6.07, 6.45) is 3.83. The van der Waals surface area contributed by atoms with Crippen molar-refractivity contribution in [3.05, 3.63) is 47.3 Å². The Morgan fingerprint density at radius 2 is 2.08 bits per heavy atom. The van der Waals surface area contributed by atoms with Gasteiger partial charge >= 0.3 is 0 Å². The second-order valence-electron chi connectivity index (χ2n) is 6.97. The SMILES string of the molecule is Cc1cccc(Nc2nc(NCCCC3(N)CC3)c(F)cc2C(N)=O)c1. The molecule has 1 aliphatic rings. The minimum absolute atomic E-state index is 0.00782. The predicted octanol–water partition coefficient (Wildman–Crippen LogP) is 3.06. The molecule has 138 valence electrons. The third-order valence-corrected chi connectivity index (χ3v) is 4.56. The summed E-state index contributed by atoms with van der Waals surface area (Å²) < 4.78 is 14.3. The van der Waals surface area contributed by atoms with Crippen molar-refractivity contribution in [1.29, 1.82) is 0 Å². The van der Waals surface area contributed by atoms with Crippen molar-refractivity contribution in [2.45, 2.75) is 38.1 Å². The molecular weight excluding hydrogens is 333 g/mol. The third-order valence-electron chi connectivity index (χ3n) is 4.56. The molecule has 1 aliphatic carbocycles. The summed E-state index contributed by atoms with van der Waals surface area (Å²) in [5.41, 5.74) is 13.2. The number of anilines is 3. The van der Waals surface area contributed by atoms with E-state index in [0.29, 0.717) is 6.54 Å². The molecular formula is C19H24FN5O. The van der Waals surface area contributed by atoms with Gasteiger partial charge in [0.25, 0.3) is 5.91 Å². The first-order valence-electron chi connectivity index (χ1n) is 8.73. The van der Waals surface area contributed by atoms with E-state index in [1.807, 2.05) is 31.2 Å². The summed E-state index contributed by atoms with van der Waals surface area (Å²) in [7, 11) is 0. The van der Waals surface area contributed by atoms with E-state index in [-0.39, 0.29) is 22.7 Å². The average molecular weight is 357 g/mol. The normalized spacial score (nSPS) is 14.7. The maximum atomic E-state index is 14.3. The first-order chi connectivity index (χ1) is 12.4. The van der Waals surface area contributed by atoms with Gasteiger partial charge in [-0.3, -0.25) is 4.79 Å². The van der Waals surface area contributed by atoms with Crippen LogP contribution in [-0.2, 0) is 0 Å². The number of aryl methyl sites for hydroxylation is 1. The number of nitrogens with two attached hydrogens (primary N) is 2. The van der Waals surface area contributed by atoms with Crippen LogP contribution < -0.4 is 22.1 Å². The lowest BCUT2D eigenvalue weighted by Gasteiger charge is -2.14. The zero-order valence-corrected chi connectivity index (χ0v) is 14.8. The van der Waals surface area contributed by atoms with Crippen LogP contribution >= 0.6 is 0 Å². The Kier molecular flexibility index (Phi) is 5.08. The minimum atomic E-state index is -0.739. The quantitative estimate of drug-likeness (QED) is 0.543. The number of carbonyl (C=O) groups is 1. The molecule has 1 fully saturated rings. The monoisotopic (exact) mass is 357 g/mol. The summed E-state index contributed by atoms with van der Waals surface area (Å²) in [6.45, 7) is 2.51. The Bertz CT molecular complexity index is 820. The number of halogens is 1. The molecule has 6 nitrogen and oxygen atoms in total. The van der Waals surface area contributed by atoms with Gasteiger partial charge in [0.15, 0.2) is 11.6 Å². The minimum Gasteiger partial charge on any atom is -0.368 e. The zero-order chi connectivity index (χ0) is 18.7. The number of nitrogens with one attached hydrogen (secondary N) is 2. The molecule has 1 heterocycles. The molecule has 26 heavy (non-hydrogen) atoms. The van der Waals surface area contributed by atoms with Crippen molar-refractivity contribution < 1.29 is 9.18 Å². The topological polar surface area (TPSA) is 106 Å². The Balaban J connectivity index is 1.76. The van der Waals surface area contributed by atoms with Crippen LogP contribution in [0.1, 0.15) is 41.6 Å².